The van der Waals surface area contributed by atoms with Crippen LogP contribution in [0.15, 0.2) is 105 Å². The molecule has 4 nitrogen and oxygen atoms in total. The largest absolute Gasteiger partial charge is 0.507 e. The highest BCUT2D eigenvalue weighted by Gasteiger charge is 2.43. The van der Waals surface area contributed by atoms with E-state index in [1.54, 1.807) is 0 Å². The molecule has 0 amide bonds. The average Bonchev–Trinajstić information content (AvgIpc) is 2.84. The van der Waals surface area contributed by atoms with E-state index in [2.05, 4.69) is 31.9 Å². The molecule has 3 aromatic carbocycles. The van der Waals surface area contributed by atoms with Crippen molar-refractivity contribution in [2.45, 2.75) is 25.2 Å². The van der Waals surface area contributed by atoms with Crippen LogP contribution in [0.3, 0.4) is 0 Å². The van der Waals surface area contributed by atoms with E-state index in [0.29, 0.717) is 29.6 Å². The fourth-order valence-corrected chi connectivity index (χ4v) is 5.48. The highest BCUT2D eigenvalue weighted by atomic mass is 79.9. The number of Topliss-reactive ketones (excluding diaryl/α,β-unsaturated/α-hetero) is 1. The lowest BCUT2D eigenvalue weighted by Crippen LogP contribution is -2.42. The maximum absolute atomic E-state index is 13.5. The Morgan fingerprint density at radius 2 is 1.65 bits per heavy atom. The lowest BCUT2D eigenvalue weighted by Gasteiger charge is -2.41. The second-order valence-corrected chi connectivity index (χ2v) is 10.2. The summed E-state index contributed by atoms with van der Waals surface area (Å²) < 4.78 is 1.81. The molecule has 2 aliphatic rings. The molecule has 0 saturated carbocycles. The number of halogens is 2. The maximum Gasteiger partial charge on any atom is 0.161 e. The van der Waals surface area contributed by atoms with Crippen molar-refractivity contribution in [3.05, 3.63) is 116 Å². The molecule has 6 heteroatoms. The number of hydrogen-bond acceptors (Lipinski definition) is 3. The van der Waals surface area contributed by atoms with Gasteiger partial charge in [0.25, 0.3) is 0 Å². The van der Waals surface area contributed by atoms with Crippen LogP contribution in [0.25, 0.3) is 5.76 Å². The van der Waals surface area contributed by atoms with Crippen LogP contribution in [-0.2, 0) is 4.79 Å². The summed E-state index contributed by atoms with van der Waals surface area (Å²) in [6.07, 6.45) is 1.90. The molecule has 0 aromatic heterocycles. The van der Waals surface area contributed by atoms with Gasteiger partial charge in [-0.1, -0.05) is 80.4 Å². The number of nitrogens with one attached hydrogen (secondary N) is 1. The Bertz CT molecular complexity index is 1340. The third-order valence-electron chi connectivity index (χ3n) is 6.33. The summed E-state index contributed by atoms with van der Waals surface area (Å²) in [5.41, 5.74) is 4.23. The van der Waals surface area contributed by atoms with Crippen molar-refractivity contribution in [2.75, 3.05) is 4.90 Å². The molecule has 0 bridgehead atoms. The zero-order valence-electron chi connectivity index (χ0n) is 18.3. The molecule has 3 aromatic rings. The van der Waals surface area contributed by atoms with Gasteiger partial charge in [0.05, 0.1) is 0 Å². The van der Waals surface area contributed by atoms with Gasteiger partial charge in [-0.15, -0.1) is 0 Å². The number of aliphatic hydroxyl groups is 1. The number of allylic oxidation sites excluding steroid dienone is 2. The van der Waals surface area contributed by atoms with Crippen molar-refractivity contribution in [1.29, 1.82) is 5.41 Å². The van der Waals surface area contributed by atoms with Gasteiger partial charge in [-0.2, -0.15) is 0 Å². The van der Waals surface area contributed by atoms with Crippen LogP contribution >= 0.6 is 31.9 Å². The van der Waals surface area contributed by atoms with E-state index >= 15 is 0 Å². The lowest BCUT2D eigenvalue weighted by molar-refractivity contribution is -0.116. The van der Waals surface area contributed by atoms with Gasteiger partial charge >= 0.3 is 0 Å². The number of amidine groups is 1. The van der Waals surface area contributed by atoms with E-state index in [0.717, 1.165) is 32.3 Å². The molecule has 0 unspecified atom stereocenters. The first-order valence-corrected chi connectivity index (χ1v) is 12.7. The molecule has 34 heavy (non-hydrogen) atoms. The number of nitrogens with zero attached hydrogens (tertiary/aromatic N) is 1. The maximum atomic E-state index is 13.5. The van der Waals surface area contributed by atoms with E-state index in [1.165, 1.54) is 0 Å². The van der Waals surface area contributed by atoms with E-state index < -0.39 is 5.92 Å². The molecule has 1 atom stereocenters. The van der Waals surface area contributed by atoms with Crippen LogP contribution in [0.2, 0.25) is 0 Å². The molecular weight excluding hydrogens is 556 g/mol. The van der Waals surface area contributed by atoms with Crippen LogP contribution in [0.4, 0.5) is 5.69 Å². The van der Waals surface area contributed by atoms with Gasteiger partial charge in [-0.25, -0.2) is 0 Å². The Morgan fingerprint density at radius 3 is 2.35 bits per heavy atom. The van der Waals surface area contributed by atoms with Crippen molar-refractivity contribution < 1.29 is 9.90 Å². The molecule has 0 saturated heterocycles. The van der Waals surface area contributed by atoms with Crippen LogP contribution in [0.1, 0.15) is 36.3 Å². The first-order valence-electron chi connectivity index (χ1n) is 11.1. The van der Waals surface area contributed by atoms with Crippen LogP contribution in [0, 0.1) is 5.41 Å². The molecule has 2 N–H and O–H groups in total. The predicted molar refractivity (Wildman–Crippen MR) is 143 cm³/mol. The van der Waals surface area contributed by atoms with Gasteiger partial charge in [-0.05, 0) is 48.7 Å². The smallest absolute Gasteiger partial charge is 0.161 e. The number of anilines is 1. The summed E-state index contributed by atoms with van der Waals surface area (Å²) in [4.78, 5) is 15.3. The van der Waals surface area contributed by atoms with Crippen molar-refractivity contribution in [1.82, 2.24) is 0 Å². The highest BCUT2D eigenvalue weighted by molar-refractivity contribution is 9.10. The quantitative estimate of drug-likeness (QED) is 0.312. The normalized spacial score (nSPS) is 19.8. The number of carbonyl (C=O) groups excluding carboxylic acids is 1. The summed E-state index contributed by atoms with van der Waals surface area (Å²) in [6, 6.07) is 24.8. The van der Waals surface area contributed by atoms with Crippen molar-refractivity contribution in [3.8, 4) is 0 Å². The molecule has 0 radical (unpaired) electrons. The average molecular weight is 578 g/mol. The number of benzene rings is 3. The topological polar surface area (TPSA) is 64.4 Å². The van der Waals surface area contributed by atoms with Gasteiger partial charge in [-0.3, -0.25) is 15.1 Å². The minimum atomic E-state index is -0.521. The van der Waals surface area contributed by atoms with E-state index in [-0.39, 0.29) is 17.4 Å². The lowest BCUT2D eigenvalue weighted by atomic mass is 9.73. The number of aliphatic hydroxyl groups excluding tert-OH is 1. The van der Waals surface area contributed by atoms with Crippen molar-refractivity contribution in [3.63, 3.8) is 0 Å². The SMILES string of the molecule is N=C1C(=C(O)c2ccccc2)[C@@H](c2ccc(Br)cc2)C2=C(CCCC2=O)N1c1cccc(Br)c1. The number of rotatable bonds is 3. The first-order chi connectivity index (χ1) is 16.5. The minimum absolute atomic E-state index is 0.0171. The molecule has 1 aliphatic carbocycles. The van der Waals surface area contributed by atoms with Gasteiger partial charge < -0.3 is 5.11 Å². The predicted octanol–water partition coefficient (Wildman–Crippen LogP) is 7.77. The van der Waals surface area contributed by atoms with E-state index in [4.69, 9.17) is 0 Å². The summed E-state index contributed by atoms with van der Waals surface area (Å²) in [5, 5.41) is 20.9. The Kier molecular flexibility index (Phi) is 6.28. The monoisotopic (exact) mass is 576 g/mol. The van der Waals surface area contributed by atoms with Crippen LogP contribution in [0.5, 0.6) is 0 Å². The highest BCUT2D eigenvalue weighted by Crippen LogP contribution is 2.48. The Labute approximate surface area is 215 Å². The van der Waals surface area contributed by atoms with Gasteiger partial charge in [0.2, 0.25) is 0 Å². The molecule has 1 aliphatic heterocycles. The van der Waals surface area contributed by atoms with E-state index in [1.807, 2.05) is 83.8 Å². The molecule has 170 valence electrons. The van der Waals surface area contributed by atoms with Gasteiger partial charge in [0.15, 0.2) is 5.78 Å². The first kappa shape index (κ1) is 22.8. The summed E-state index contributed by atoms with van der Waals surface area (Å²) in [5.74, 6) is -0.253. The number of hydrogen-bond donors (Lipinski definition) is 2. The van der Waals surface area contributed by atoms with Gasteiger partial charge in [0.1, 0.15) is 11.6 Å². The zero-order chi connectivity index (χ0) is 23.8. The fourth-order valence-electron chi connectivity index (χ4n) is 4.83. The Balaban J connectivity index is 1.83. The van der Waals surface area contributed by atoms with Crippen LogP contribution in [-0.4, -0.2) is 16.7 Å². The van der Waals surface area contributed by atoms with Crippen molar-refractivity contribution >= 4 is 54.9 Å². The second-order valence-electron chi connectivity index (χ2n) is 8.41. The van der Waals surface area contributed by atoms with Crippen LogP contribution < -0.4 is 4.90 Å². The number of carbonyl (C=O) groups is 1. The Morgan fingerprint density at radius 1 is 0.912 bits per heavy atom. The number of ketones is 1. The second kappa shape index (κ2) is 9.35. The standard InChI is InChI=1S/C28H22Br2N2O2/c29-19-14-12-17(13-15-19)24-25-22(10-5-11-23(25)33)32(21-9-4-8-20(30)16-21)28(31)26(24)27(34)18-6-2-1-3-7-18/h1-4,6-9,12-16,24,31,34H,5,10-11H2/t24-/m0/s1. The van der Waals surface area contributed by atoms with E-state index in [9.17, 15) is 15.3 Å². The molecular formula is C28H22Br2N2O2. The summed E-state index contributed by atoms with van der Waals surface area (Å²) in [7, 11) is 0. The zero-order valence-corrected chi connectivity index (χ0v) is 21.4. The molecule has 5 rings (SSSR count). The fraction of sp³-hybridized carbons (Fsp3) is 0.143. The summed E-state index contributed by atoms with van der Waals surface area (Å²) in [6.45, 7) is 0. The third kappa shape index (κ3) is 4.05. The molecule has 0 fully saturated rings. The minimum Gasteiger partial charge on any atom is -0.507 e. The van der Waals surface area contributed by atoms with Gasteiger partial charge in [0, 0.05) is 49.4 Å². The summed E-state index contributed by atoms with van der Waals surface area (Å²) >= 11 is 7.03. The third-order valence-corrected chi connectivity index (χ3v) is 7.35. The Hall–Kier alpha value is -2.96. The molecule has 0 spiro atoms. The van der Waals surface area contributed by atoms with Crippen molar-refractivity contribution in [2.24, 2.45) is 0 Å². The molecule has 1 heterocycles.